The zero-order valence-electron chi connectivity index (χ0n) is 17.6. The van der Waals surface area contributed by atoms with E-state index in [0.717, 1.165) is 31.5 Å². The monoisotopic (exact) mass is 353 g/mol. The van der Waals surface area contributed by atoms with Crippen LogP contribution in [0.4, 0.5) is 0 Å². The van der Waals surface area contributed by atoms with Gasteiger partial charge in [-0.3, -0.25) is 4.99 Å². The number of piperidine rings is 1. The number of likely N-dealkylation sites (tertiary alicyclic amines) is 1. The zero-order valence-corrected chi connectivity index (χ0v) is 17.6. The van der Waals surface area contributed by atoms with Crippen LogP contribution in [0.25, 0.3) is 0 Å². The summed E-state index contributed by atoms with van der Waals surface area (Å²) in [5.41, 5.74) is 0. The minimum absolute atomic E-state index is 0.459. The van der Waals surface area contributed by atoms with Crippen molar-refractivity contribution in [1.29, 1.82) is 0 Å². The van der Waals surface area contributed by atoms with Crippen LogP contribution in [0.3, 0.4) is 0 Å². The fourth-order valence-corrected chi connectivity index (χ4v) is 3.64. The molecule has 0 aromatic carbocycles. The maximum Gasteiger partial charge on any atom is 0.191 e. The van der Waals surface area contributed by atoms with Gasteiger partial charge in [-0.2, -0.15) is 0 Å². The first kappa shape index (κ1) is 22.2. The van der Waals surface area contributed by atoms with Gasteiger partial charge in [0.1, 0.15) is 0 Å². The molecular formula is C20H43N5. The van der Waals surface area contributed by atoms with Crippen LogP contribution in [-0.2, 0) is 0 Å². The van der Waals surface area contributed by atoms with Gasteiger partial charge in [0.15, 0.2) is 5.96 Å². The van der Waals surface area contributed by atoms with Gasteiger partial charge in [-0.1, -0.05) is 13.8 Å². The highest BCUT2D eigenvalue weighted by molar-refractivity contribution is 5.79. The molecule has 5 nitrogen and oxygen atoms in total. The molecule has 0 radical (unpaired) electrons. The lowest BCUT2D eigenvalue weighted by atomic mass is 9.97. The lowest BCUT2D eigenvalue weighted by Gasteiger charge is -2.35. The minimum atomic E-state index is 0.459. The molecule has 1 aliphatic heterocycles. The molecule has 148 valence electrons. The molecule has 1 heterocycles. The second-order valence-electron chi connectivity index (χ2n) is 7.76. The molecule has 2 N–H and O–H groups in total. The molecular weight excluding hydrogens is 310 g/mol. The van der Waals surface area contributed by atoms with Crippen LogP contribution in [0.1, 0.15) is 60.3 Å². The molecule has 0 spiro atoms. The van der Waals surface area contributed by atoms with Gasteiger partial charge in [-0.05, 0) is 78.6 Å². The van der Waals surface area contributed by atoms with Gasteiger partial charge in [0.2, 0.25) is 0 Å². The number of aliphatic imine (C=N–C) groups is 1. The predicted molar refractivity (Wildman–Crippen MR) is 110 cm³/mol. The van der Waals surface area contributed by atoms with E-state index in [-0.39, 0.29) is 0 Å². The Balaban J connectivity index is 2.27. The summed E-state index contributed by atoms with van der Waals surface area (Å²) in [5.74, 6) is 1.68. The van der Waals surface area contributed by atoms with Gasteiger partial charge in [0, 0.05) is 32.2 Å². The van der Waals surface area contributed by atoms with E-state index < -0.39 is 0 Å². The molecule has 0 aliphatic carbocycles. The van der Waals surface area contributed by atoms with E-state index in [0.29, 0.717) is 12.1 Å². The smallest absolute Gasteiger partial charge is 0.191 e. The molecule has 2 atom stereocenters. The summed E-state index contributed by atoms with van der Waals surface area (Å²) < 4.78 is 0. The van der Waals surface area contributed by atoms with Crippen LogP contribution in [0.2, 0.25) is 0 Å². The SMILES string of the molecule is CCN(CC)CCCC(C)NC(=NC)NCC1CCCN(C(C)C)C1. The van der Waals surface area contributed by atoms with Crippen LogP contribution < -0.4 is 10.6 Å². The molecule has 1 fully saturated rings. The summed E-state index contributed by atoms with van der Waals surface area (Å²) in [6, 6.07) is 1.12. The third-order valence-corrected chi connectivity index (χ3v) is 5.45. The van der Waals surface area contributed by atoms with Crippen LogP contribution in [0, 0.1) is 5.92 Å². The van der Waals surface area contributed by atoms with E-state index >= 15 is 0 Å². The number of nitrogens with zero attached hydrogens (tertiary/aromatic N) is 3. The summed E-state index contributed by atoms with van der Waals surface area (Å²) in [7, 11) is 1.87. The van der Waals surface area contributed by atoms with Gasteiger partial charge in [0.25, 0.3) is 0 Å². The summed E-state index contributed by atoms with van der Waals surface area (Å²) in [6.07, 6.45) is 5.06. The fourth-order valence-electron chi connectivity index (χ4n) is 3.64. The van der Waals surface area contributed by atoms with Crippen LogP contribution >= 0.6 is 0 Å². The van der Waals surface area contributed by atoms with E-state index in [4.69, 9.17) is 0 Å². The van der Waals surface area contributed by atoms with Crippen LogP contribution in [0.5, 0.6) is 0 Å². The maximum atomic E-state index is 4.41. The standard InChI is InChI=1S/C20H43N5/c1-7-24(8-2)13-9-11-18(5)23-20(21-6)22-15-19-12-10-14-25(16-19)17(3)4/h17-19H,7-16H2,1-6H3,(H2,21,22,23). The van der Waals surface area contributed by atoms with Crippen molar-refractivity contribution in [2.45, 2.75) is 72.4 Å². The molecule has 25 heavy (non-hydrogen) atoms. The molecule has 0 amide bonds. The third kappa shape index (κ3) is 8.91. The highest BCUT2D eigenvalue weighted by atomic mass is 15.2. The van der Waals surface area contributed by atoms with Crippen molar-refractivity contribution in [1.82, 2.24) is 20.4 Å². The predicted octanol–water partition coefficient (Wildman–Crippen LogP) is 2.78. The third-order valence-electron chi connectivity index (χ3n) is 5.45. The van der Waals surface area contributed by atoms with E-state index in [1.54, 1.807) is 0 Å². The van der Waals surface area contributed by atoms with Crippen molar-refractivity contribution in [2.75, 3.05) is 46.3 Å². The fraction of sp³-hybridized carbons (Fsp3) is 0.950. The van der Waals surface area contributed by atoms with Crippen molar-refractivity contribution in [3.63, 3.8) is 0 Å². The molecule has 5 heteroatoms. The second-order valence-corrected chi connectivity index (χ2v) is 7.76. The van der Waals surface area contributed by atoms with Crippen LogP contribution in [-0.4, -0.2) is 74.2 Å². The maximum absolute atomic E-state index is 4.41. The molecule has 1 saturated heterocycles. The molecule has 0 saturated carbocycles. The van der Waals surface area contributed by atoms with Crippen molar-refractivity contribution >= 4 is 5.96 Å². The lowest BCUT2D eigenvalue weighted by molar-refractivity contribution is 0.141. The average Bonchev–Trinajstić information content (AvgIpc) is 2.62. The number of rotatable bonds is 10. The first-order valence-electron chi connectivity index (χ1n) is 10.4. The Hall–Kier alpha value is -0.810. The Morgan fingerprint density at radius 3 is 2.56 bits per heavy atom. The number of hydrogen-bond acceptors (Lipinski definition) is 3. The lowest BCUT2D eigenvalue weighted by Crippen LogP contribution is -2.47. The molecule has 1 aliphatic rings. The largest absolute Gasteiger partial charge is 0.356 e. The molecule has 1 rings (SSSR count). The highest BCUT2D eigenvalue weighted by Crippen LogP contribution is 2.17. The Morgan fingerprint density at radius 1 is 1.24 bits per heavy atom. The van der Waals surface area contributed by atoms with E-state index in [9.17, 15) is 0 Å². The van der Waals surface area contributed by atoms with Gasteiger partial charge in [-0.15, -0.1) is 0 Å². The topological polar surface area (TPSA) is 42.9 Å². The van der Waals surface area contributed by atoms with Crippen molar-refractivity contribution in [3.05, 3.63) is 0 Å². The van der Waals surface area contributed by atoms with E-state index in [1.807, 2.05) is 7.05 Å². The quantitative estimate of drug-likeness (QED) is 0.468. The Kier molecular flexibility index (Phi) is 11.1. The first-order valence-corrected chi connectivity index (χ1v) is 10.4. The highest BCUT2D eigenvalue weighted by Gasteiger charge is 2.21. The molecule has 0 aromatic rings. The Morgan fingerprint density at radius 2 is 1.96 bits per heavy atom. The van der Waals surface area contributed by atoms with Gasteiger partial charge >= 0.3 is 0 Å². The molecule has 0 bridgehead atoms. The van der Waals surface area contributed by atoms with Gasteiger partial charge in [-0.25, -0.2) is 0 Å². The Labute approximate surface area is 156 Å². The van der Waals surface area contributed by atoms with Crippen molar-refractivity contribution < 1.29 is 0 Å². The number of guanidine groups is 1. The number of nitrogens with one attached hydrogen (secondary N) is 2. The van der Waals surface area contributed by atoms with Crippen LogP contribution in [0.15, 0.2) is 4.99 Å². The van der Waals surface area contributed by atoms with Crippen molar-refractivity contribution in [3.8, 4) is 0 Å². The summed E-state index contributed by atoms with van der Waals surface area (Å²) >= 11 is 0. The normalized spacial score (nSPS) is 21.0. The average molecular weight is 354 g/mol. The molecule has 0 aromatic heterocycles. The van der Waals surface area contributed by atoms with Crippen molar-refractivity contribution in [2.24, 2.45) is 10.9 Å². The van der Waals surface area contributed by atoms with E-state index in [2.05, 4.69) is 60.0 Å². The van der Waals surface area contributed by atoms with Gasteiger partial charge < -0.3 is 20.4 Å². The summed E-state index contributed by atoms with van der Waals surface area (Å²) in [5, 5.41) is 7.11. The Bertz CT molecular complexity index is 365. The summed E-state index contributed by atoms with van der Waals surface area (Å²) in [4.78, 5) is 9.50. The zero-order chi connectivity index (χ0) is 18.7. The second kappa shape index (κ2) is 12.5. The minimum Gasteiger partial charge on any atom is -0.356 e. The number of hydrogen-bond donors (Lipinski definition) is 2. The summed E-state index contributed by atoms with van der Waals surface area (Å²) in [6.45, 7) is 18.3. The van der Waals surface area contributed by atoms with E-state index in [1.165, 1.54) is 45.3 Å². The molecule has 2 unspecified atom stereocenters. The van der Waals surface area contributed by atoms with Gasteiger partial charge in [0.05, 0.1) is 0 Å². The first-order chi connectivity index (χ1) is 12.0.